The van der Waals surface area contributed by atoms with Crippen LogP contribution in [0.3, 0.4) is 0 Å². The van der Waals surface area contributed by atoms with Crippen molar-refractivity contribution in [2.45, 2.75) is 20.4 Å². The number of aromatic nitrogens is 3. The van der Waals surface area contributed by atoms with E-state index in [1.165, 1.54) is 4.68 Å². The third kappa shape index (κ3) is 2.50. The highest BCUT2D eigenvalue weighted by atomic mass is 16.2. The van der Waals surface area contributed by atoms with Gasteiger partial charge in [-0.25, -0.2) is 0 Å². The Morgan fingerprint density at radius 3 is 2.88 bits per heavy atom. The molecule has 0 unspecified atom stereocenters. The minimum absolute atomic E-state index is 0.0776. The summed E-state index contributed by atoms with van der Waals surface area (Å²) in [6, 6.07) is 5.47. The molecule has 0 fully saturated rings. The molecular weight excluding hydrogens is 216 g/mol. The van der Waals surface area contributed by atoms with Crippen LogP contribution in [0, 0.1) is 13.8 Å². The summed E-state index contributed by atoms with van der Waals surface area (Å²) in [6.45, 7) is 3.96. The van der Waals surface area contributed by atoms with E-state index in [0.29, 0.717) is 5.69 Å². The highest BCUT2D eigenvalue weighted by Crippen LogP contribution is 2.01. The van der Waals surface area contributed by atoms with Gasteiger partial charge in [-0.2, -0.15) is 14.3 Å². The molecule has 2 aromatic rings. The Bertz CT molecular complexity index is 559. The van der Waals surface area contributed by atoms with Crippen molar-refractivity contribution >= 4 is 11.6 Å². The van der Waals surface area contributed by atoms with Crippen LogP contribution in [0.4, 0.5) is 5.69 Å². The van der Waals surface area contributed by atoms with E-state index >= 15 is 0 Å². The van der Waals surface area contributed by atoms with E-state index in [1.54, 1.807) is 23.0 Å². The Hall–Kier alpha value is -2.17. The van der Waals surface area contributed by atoms with Crippen molar-refractivity contribution in [3.05, 3.63) is 42.0 Å². The maximum Gasteiger partial charge on any atom is 0.312 e. The quantitative estimate of drug-likeness (QED) is 0.774. The number of hydrogen-bond acceptors (Lipinski definition) is 3. The van der Waals surface area contributed by atoms with Gasteiger partial charge >= 0.3 is 5.91 Å². The molecule has 0 saturated carbocycles. The fourth-order valence-corrected chi connectivity index (χ4v) is 1.75. The van der Waals surface area contributed by atoms with Gasteiger partial charge in [0.25, 0.3) is 0 Å². The van der Waals surface area contributed by atoms with Gasteiger partial charge < -0.3 is 5.73 Å². The maximum atomic E-state index is 12.0. The Balaban J connectivity index is 2.20. The van der Waals surface area contributed by atoms with Gasteiger partial charge in [-0.05, 0) is 26.0 Å². The van der Waals surface area contributed by atoms with E-state index in [4.69, 9.17) is 5.73 Å². The Labute approximate surface area is 99.5 Å². The zero-order valence-corrected chi connectivity index (χ0v) is 9.92. The zero-order chi connectivity index (χ0) is 12.4. The largest absolute Gasteiger partial charge is 0.394 e. The van der Waals surface area contributed by atoms with E-state index in [-0.39, 0.29) is 12.5 Å². The standard InChI is InChI=1S/C12H15N4O/c1-9-6-10(2)16(14-9)12(17)8-15-5-3-4-11(13)7-15/h3-7H,8,13H2,1-2H3/q+1. The molecule has 2 rings (SSSR count). The van der Waals surface area contributed by atoms with Crippen molar-refractivity contribution in [1.29, 1.82) is 0 Å². The summed E-state index contributed by atoms with van der Waals surface area (Å²) < 4.78 is 3.17. The number of hydrogen-bond donors (Lipinski definition) is 1. The van der Waals surface area contributed by atoms with Gasteiger partial charge in [0, 0.05) is 11.8 Å². The summed E-state index contributed by atoms with van der Waals surface area (Å²) >= 11 is 0. The summed E-state index contributed by atoms with van der Waals surface area (Å²) in [5.41, 5.74) is 7.97. The highest BCUT2D eigenvalue weighted by molar-refractivity contribution is 5.77. The zero-order valence-electron chi connectivity index (χ0n) is 9.92. The summed E-state index contributed by atoms with van der Waals surface area (Å²) in [5, 5.41) is 4.15. The number of nitrogen functional groups attached to an aromatic ring is 1. The average molecular weight is 231 g/mol. The Morgan fingerprint density at radius 2 is 2.29 bits per heavy atom. The molecule has 0 radical (unpaired) electrons. The van der Waals surface area contributed by atoms with Crippen molar-refractivity contribution in [3.63, 3.8) is 0 Å². The van der Waals surface area contributed by atoms with Gasteiger partial charge in [0.15, 0.2) is 12.4 Å². The minimum atomic E-state index is -0.0776. The van der Waals surface area contributed by atoms with Crippen LogP contribution >= 0.6 is 0 Å². The molecule has 88 valence electrons. The van der Waals surface area contributed by atoms with E-state index < -0.39 is 0 Å². The molecule has 5 heteroatoms. The molecule has 0 saturated heterocycles. The van der Waals surface area contributed by atoms with E-state index in [1.807, 2.05) is 26.0 Å². The molecule has 2 heterocycles. The molecule has 2 N–H and O–H groups in total. The van der Waals surface area contributed by atoms with Crippen LogP contribution in [-0.2, 0) is 6.54 Å². The number of carbonyl (C=O) groups is 1. The number of nitrogens with zero attached hydrogens (tertiary/aromatic N) is 3. The van der Waals surface area contributed by atoms with Crippen molar-refractivity contribution in [1.82, 2.24) is 9.78 Å². The molecule has 0 bridgehead atoms. The maximum absolute atomic E-state index is 12.0. The number of anilines is 1. The lowest BCUT2D eigenvalue weighted by atomic mass is 10.4. The second-order valence-corrected chi connectivity index (χ2v) is 4.04. The van der Waals surface area contributed by atoms with Crippen molar-refractivity contribution in [2.24, 2.45) is 0 Å². The highest BCUT2D eigenvalue weighted by Gasteiger charge is 2.15. The average Bonchev–Trinajstić information content (AvgIpc) is 2.58. The number of pyridine rings is 1. The lowest BCUT2D eigenvalue weighted by molar-refractivity contribution is -0.683. The van der Waals surface area contributed by atoms with Gasteiger partial charge in [-0.15, -0.1) is 0 Å². The molecule has 0 amide bonds. The monoisotopic (exact) mass is 231 g/mol. The molecule has 0 aliphatic carbocycles. The van der Waals surface area contributed by atoms with Gasteiger partial charge in [-0.1, -0.05) is 0 Å². The lowest BCUT2D eigenvalue weighted by Crippen LogP contribution is -2.39. The topological polar surface area (TPSA) is 64.8 Å². The summed E-state index contributed by atoms with van der Waals surface area (Å²) in [4.78, 5) is 12.0. The van der Waals surface area contributed by atoms with E-state index in [0.717, 1.165) is 11.4 Å². The Morgan fingerprint density at radius 1 is 1.53 bits per heavy atom. The van der Waals surface area contributed by atoms with Crippen LogP contribution in [0.15, 0.2) is 30.6 Å². The molecule has 5 nitrogen and oxygen atoms in total. The molecule has 0 atom stereocenters. The van der Waals surface area contributed by atoms with Crippen molar-refractivity contribution in [2.75, 3.05) is 5.73 Å². The molecule has 0 spiro atoms. The number of rotatable bonds is 2. The van der Waals surface area contributed by atoms with Crippen molar-refractivity contribution < 1.29 is 9.36 Å². The first-order chi connectivity index (χ1) is 8.06. The smallest absolute Gasteiger partial charge is 0.312 e. The summed E-state index contributed by atoms with van der Waals surface area (Å²) in [7, 11) is 0. The number of nitrogens with two attached hydrogens (primary N) is 1. The fourth-order valence-electron chi connectivity index (χ4n) is 1.75. The molecule has 2 aromatic heterocycles. The second kappa shape index (κ2) is 4.37. The number of carbonyl (C=O) groups excluding carboxylic acids is 1. The van der Waals surface area contributed by atoms with Crippen LogP contribution in [0.1, 0.15) is 16.2 Å². The van der Waals surface area contributed by atoms with Gasteiger partial charge in [0.05, 0.1) is 11.4 Å². The van der Waals surface area contributed by atoms with Crippen LogP contribution in [0.25, 0.3) is 0 Å². The predicted molar refractivity (Wildman–Crippen MR) is 63.4 cm³/mol. The molecule has 0 aliphatic rings. The third-order valence-corrected chi connectivity index (χ3v) is 2.44. The minimum Gasteiger partial charge on any atom is -0.394 e. The van der Waals surface area contributed by atoms with E-state index in [2.05, 4.69) is 5.10 Å². The first kappa shape index (κ1) is 11.3. The molecule has 17 heavy (non-hydrogen) atoms. The van der Waals surface area contributed by atoms with Gasteiger partial charge in [0.2, 0.25) is 6.54 Å². The third-order valence-electron chi connectivity index (χ3n) is 2.44. The fraction of sp³-hybridized carbons (Fsp3) is 0.250. The van der Waals surface area contributed by atoms with Gasteiger partial charge in [0.1, 0.15) is 0 Å². The SMILES string of the molecule is Cc1cc(C)n(C(=O)C[n+]2cccc(N)c2)n1. The first-order valence-corrected chi connectivity index (χ1v) is 5.37. The predicted octanol–water partition coefficient (Wildman–Crippen LogP) is 0.710. The molecule has 0 aliphatic heterocycles. The van der Waals surface area contributed by atoms with E-state index in [9.17, 15) is 4.79 Å². The normalized spacial score (nSPS) is 10.5. The second-order valence-electron chi connectivity index (χ2n) is 4.04. The molecular formula is C12H15N4O+. The van der Waals surface area contributed by atoms with Crippen LogP contribution in [0.2, 0.25) is 0 Å². The Kier molecular flexibility index (Phi) is 2.91. The van der Waals surface area contributed by atoms with Crippen LogP contribution in [-0.4, -0.2) is 15.7 Å². The lowest BCUT2D eigenvalue weighted by Gasteiger charge is -2.00. The summed E-state index contributed by atoms with van der Waals surface area (Å²) in [5.74, 6) is -0.0776. The summed E-state index contributed by atoms with van der Waals surface area (Å²) in [6.07, 6.45) is 3.53. The van der Waals surface area contributed by atoms with Gasteiger partial charge in [-0.3, -0.25) is 4.79 Å². The van der Waals surface area contributed by atoms with Crippen LogP contribution < -0.4 is 10.3 Å². The first-order valence-electron chi connectivity index (χ1n) is 5.37. The molecule has 0 aromatic carbocycles. The van der Waals surface area contributed by atoms with Crippen LogP contribution in [0.5, 0.6) is 0 Å². The van der Waals surface area contributed by atoms with Crippen molar-refractivity contribution in [3.8, 4) is 0 Å². The number of aryl methyl sites for hydroxylation is 2.